The van der Waals surface area contributed by atoms with E-state index in [2.05, 4.69) is 4.98 Å². The van der Waals surface area contributed by atoms with Crippen molar-refractivity contribution in [2.24, 2.45) is 5.92 Å². The maximum atomic E-state index is 13.1. The van der Waals surface area contributed by atoms with Crippen molar-refractivity contribution in [2.45, 2.75) is 51.0 Å². The highest BCUT2D eigenvalue weighted by atomic mass is 16.2. The lowest BCUT2D eigenvalue weighted by Gasteiger charge is -2.34. The lowest BCUT2D eigenvalue weighted by molar-refractivity contribution is 0.0660. The predicted octanol–water partition coefficient (Wildman–Crippen LogP) is 3.71. The van der Waals surface area contributed by atoms with Crippen LogP contribution in [-0.2, 0) is 0 Å². The van der Waals surface area contributed by atoms with Gasteiger partial charge in [-0.05, 0) is 43.7 Å². The van der Waals surface area contributed by atoms with Gasteiger partial charge >= 0.3 is 0 Å². The van der Waals surface area contributed by atoms with Gasteiger partial charge < -0.3 is 9.88 Å². The Labute approximate surface area is 141 Å². The number of pyridine rings is 1. The summed E-state index contributed by atoms with van der Waals surface area (Å²) in [5.41, 5.74) is 0.921. The summed E-state index contributed by atoms with van der Waals surface area (Å²) >= 11 is 0. The Morgan fingerprint density at radius 2 is 1.83 bits per heavy atom. The number of hydrogen-bond donors (Lipinski definition) is 1. The van der Waals surface area contributed by atoms with Gasteiger partial charge in [-0.2, -0.15) is 0 Å². The monoisotopic (exact) mass is 324 g/mol. The number of benzene rings is 1. The Hall–Kier alpha value is -2.10. The highest BCUT2D eigenvalue weighted by molar-refractivity contribution is 5.97. The van der Waals surface area contributed by atoms with Gasteiger partial charge in [-0.15, -0.1) is 0 Å². The van der Waals surface area contributed by atoms with Crippen LogP contribution in [0.2, 0.25) is 0 Å². The van der Waals surface area contributed by atoms with Gasteiger partial charge in [-0.1, -0.05) is 31.4 Å². The van der Waals surface area contributed by atoms with Crippen LogP contribution in [0.25, 0.3) is 10.9 Å². The molecule has 1 amide bonds. The minimum absolute atomic E-state index is 0.0879. The second-order valence-electron chi connectivity index (χ2n) is 7.18. The fraction of sp³-hybridized carbons (Fsp3) is 0.500. The average Bonchev–Trinajstić information content (AvgIpc) is 3.12. The summed E-state index contributed by atoms with van der Waals surface area (Å²) in [7, 11) is 0. The molecule has 1 unspecified atom stereocenters. The largest absolute Gasteiger partial charge is 0.360 e. The first-order chi connectivity index (χ1) is 11.8. The number of para-hydroxylation sites is 1. The lowest BCUT2D eigenvalue weighted by Crippen LogP contribution is -2.42. The van der Waals surface area contributed by atoms with Gasteiger partial charge in [0.05, 0.1) is 0 Å². The van der Waals surface area contributed by atoms with E-state index in [0.29, 0.717) is 17.3 Å². The third-order valence-electron chi connectivity index (χ3n) is 5.77. The molecule has 1 aliphatic heterocycles. The number of amides is 1. The zero-order valence-corrected chi connectivity index (χ0v) is 14.0. The van der Waals surface area contributed by atoms with E-state index in [4.69, 9.17) is 0 Å². The quantitative estimate of drug-likeness (QED) is 0.915. The molecule has 1 aromatic carbocycles. The van der Waals surface area contributed by atoms with E-state index in [-0.39, 0.29) is 16.9 Å². The average molecular weight is 324 g/mol. The molecule has 1 aromatic heterocycles. The number of hydrogen-bond acceptors (Lipinski definition) is 2. The van der Waals surface area contributed by atoms with Crippen molar-refractivity contribution in [2.75, 3.05) is 6.54 Å². The number of carbonyl (C=O) groups is 1. The van der Waals surface area contributed by atoms with Crippen molar-refractivity contribution in [1.82, 2.24) is 9.88 Å². The molecule has 1 atom stereocenters. The molecule has 0 spiro atoms. The summed E-state index contributed by atoms with van der Waals surface area (Å²) in [4.78, 5) is 30.9. The third kappa shape index (κ3) is 2.64. The number of carbonyl (C=O) groups excluding carboxylic acids is 1. The Morgan fingerprint density at radius 1 is 1.04 bits per heavy atom. The molecule has 1 N–H and O–H groups in total. The SMILES string of the molecule is O=C(c1c[nH]c2ccccc2c1=O)N1CCCC1C1CCCCC1. The van der Waals surface area contributed by atoms with Crippen LogP contribution in [0.3, 0.4) is 0 Å². The second kappa shape index (κ2) is 6.42. The van der Waals surface area contributed by atoms with Gasteiger partial charge in [0, 0.05) is 29.7 Å². The van der Waals surface area contributed by atoms with Crippen LogP contribution < -0.4 is 5.43 Å². The summed E-state index contributed by atoms with van der Waals surface area (Å²) in [5.74, 6) is 0.528. The van der Waals surface area contributed by atoms with Gasteiger partial charge in [0.2, 0.25) is 5.43 Å². The number of rotatable bonds is 2. The molecule has 2 fully saturated rings. The Kier molecular flexibility index (Phi) is 4.13. The molecule has 126 valence electrons. The number of aromatic amines is 1. The van der Waals surface area contributed by atoms with Gasteiger partial charge in [0.1, 0.15) is 5.56 Å². The van der Waals surface area contributed by atoms with E-state index in [1.165, 1.54) is 32.1 Å². The summed E-state index contributed by atoms with van der Waals surface area (Å²) in [5, 5.41) is 0.594. The molecule has 1 saturated heterocycles. The molecular formula is C20H24N2O2. The predicted molar refractivity (Wildman–Crippen MR) is 95.2 cm³/mol. The molecule has 1 aliphatic carbocycles. The van der Waals surface area contributed by atoms with E-state index in [0.717, 1.165) is 24.9 Å². The molecular weight excluding hydrogens is 300 g/mol. The third-order valence-corrected chi connectivity index (χ3v) is 5.77. The van der Waals surface area contributed by atoms with E-state index in [1.54, 1.807) is 12.3 Å². The minimum Gasteiger partial charge on any atom is -0.360 e. The molecule has 24 heavy (non-hydrogen) atoms. The molecule has 1 saturated carbocycles. The van der Waals surface area contributed by atoms with Crippen LogP contribution in [0, 0.1) is 5.92 Å². The first-order valence-corrected chi connectivity index (χ1v) is 9.17. The molecule has 2 aromatic rings. The standard InChI is InChI=1S/C20H24N2O2/c23-19-15-9-4-5-10-17(15)21-13-16(19)20(24)22-12-6-11-18(22)14-7-2-1-3-8-14/h4-5,9-10,13-14,18H,1-3,6-8,11-12H2,(H,21,23). The van der Waals surface area contributed by atoms with Crippen molar-refractivity contribution in [1.29, 1.82) is 0 Å². The van der Waals surface area contributed by atoms with Crippen LogP contribution in [0.1, 0.15) is 55.3 Å². The first kappa shape index (κ1) is 15.4. The van der Waals surface area contributed by atoms with Crippen LogP contribution in [-0.4, -0.2) is 28.4 Å². The van der Waals surface area contributed by atoms with Crippen molar-refractivity contribution >= 4 is 16.8 Å². The number of H-pyrrole nitrogens is 1. The summed E-state index contributed by atoms with van der Waals surface area (Å²) in [6, 6.07) is 7.70. The summed E-state index contributed by atoms with van der Waals surface area (Å²) < 4.78 is 0. The Morgan fingerprint density at radius 3 is 2.67 bits per heavy atom. The number of nitrogens with one attached hydrogen (secondary N) is 1. The fourth-order valence-electron chi connectivity index (χ4n) is 4.53. The molecule has 0 radical (unpaired) electrons. The summed E-state index contributed by atoms with van der Waals surface area (Å²) in [6.45, 7) is 0.784. The normalized spacial score (nSPS) is 22.2. The smallest absolute Gasteiger partial charge is 0.259 e. The van der Waals surface area contributed by atoms with Crippen molar-refractivity contribution < 1.29 is 4.79 Å². The van der Waals surface area contributed by atoms with Crippen LogP contribution in [0.5, 0.6) is 0 Å². The highest BCUT2D eigenvalue weighted by Crippen LogP contribution is 2.34. The van der Waals surface area contributed by atoms with E-state index < -0.39 is 0 Å². The second-order valence-corrected chi connectivity index (χ2v) is 7.18. The van der Waals surface area contributed by atoms with E-state index >= 15 is 0 Å². The lowest BCUT2D eigenvalue weighted by atomic mass is 9.83. The van der Waals surface area contributed by atoms with Crippen molar-refractivity contribution in [3.63, 3.8) is 0 Å². The molecule has 4 rings (SSSR count). The molecule has 0 bridgehead atoms. The Bertz CT molecular complexity index is 805. The number of fused-ring (bicyclic) bond motifs is 1. The van der Waals surface area contributed by atoms with Gasteiger partial charge in [-0.25, -0.2) is 0 Å². The maximum Gasteiger partial charge on any atom is 0.259 e. The van der Waals surface area contributed by atoms with Crippen molar-refractivity contribution in [3.8, 4) is 0 Å². The topological polar surface area (TPSA) is 53.2 Å². The van der Waals surface area contributed by atoms with Gasteiger partial charge in [0.15, 0.2) is 0 Å². The van der Waals surface area contributed by atoms with Gasteiger partial charge in [-0.3, -0.25) is 9.59 Å². The molecule has 2 heterocycles. The number of aromatic nitrogens is 1. The molecule has 4 nitrogen and oxygen atoms in total. The zero-order chi connectivity index (χ0) is 16.5. The van der Waals surface area contributed by atoms with E-state index in [1.807, 2.05) is 23.1 Å². The first-order valence-electron chi connectivity index (χ1n) is 9.17. The Balaban J connectivity index is 1.65. The number of likely N-dealkylation sites (tertiary alicyclic amines) is 1. The van der Waals surface area contributed by atoms with Crippen LogP contribution in [0.15, 0.2) is 35.3 Å². The van der Waals surface area contributed by atoms with Gasteiger partial charge in [0.25, 0.3) is 5.91 Å². The molecule has 4 heteroatoms. The van der Waals surface area contributed by atoms with Crippen molar-refractivity contribution in [3.05, 3.63) is 46.2 Å². The zero-order valence-electron chi connectivity index (χ0n) is 14.0. The van der Waals surface area contributed by atoms with Crippen LogP contribution in [0.4, 0.5) is 0 Å². The highest BCUT2D eigenvalue weighted by Gasteiger charge is 2.36. The fourth-order valence-corrected chi connectivity index (χ4v) is 4.53. The summed E-state index contributed by atoms with van der Waals surface area (Å²) in [6.07, 6.45) is 10.1. The number of nitrogens with zero attached hydrogens (tertiary/aromatic N) is 1. The minimum atomic E-state index is -0.149. The molecule has 2 aliphatic rings. The van der Waals surface area contributed by atoms with Crippen LogP contribution >= 0.6 is 0 Å². The van der Waals surface area contributed by atoms with E-state index in [9.17, 15) is 9.59 Å². The maximum absolute atomic E-state index is 13.1.